The summed E-state index contributed by atoms with van der Waals surface area (Å²) in [5.41, 5.74) is 6.60. The Labute approximate surface area is 96.4 Å². The Bertz CT molecular complexity index is 296. The van der Waals surface area contributed by atoms with Crippen LogP contribution < -0.4 is 10.5 Å². The maximum Gasteiger partial charge on any atom is 0.137 e. The Balaban J connectivity index is 0.00000112. The molecule has 2 rings (SSSR count). The van der Waals surface area contributed by atoms with E-state index in [1.54, 1.807) is 6.20 Å². The summed E-state index contributed by atoms with van der Waals surface area (Å²) >= 11 is 0. The van der Waals surface area contributed by atoms with Crippen LogP contribution in [0.5, 0.6) is 5.75 Å². The Morgan fingerprint density at radius 3 is 2.73 bits per heavy atom. The molecule has 84 valence electrons. The van der Waals surface area contributed by atoms with Gasteiger partial charge in [-0.15, -0.1) is 12.4 Å². The van der Waals surface area contributed by atoms with Crippen LogP contribution >= 0.6 is 12.4 Å². The highest BCUT2D eigenvalue weighted by molar-refractivity contribution is 5.85. The lowest BCUT2D eigenvalue weighted by Crippen LogP contribution is -2.07. The standard InChI is InChI=1S/C11H16N2O.ClH/c1-8(12)11-5-4-10(6-13-11)14-7-9-2-3-9;/h4-6,8-9H,2-3,7,12H2,1H3;1H. The molecule has 15 heavy (non-hydrogen) atoms. The van der Waals surface area contributed by atoms with Gasteiger partial charge in [0.25, 0.3) is 0 Å². The first kappa shape index (κ1) is 12.3. The fourth-order valence-electron chi connectivity index (χ4n) is 1.25. The number of ether oxygens (including phenoxy) is 1. The van der Waals surface area contributed by atoms with E-state index in [-0.39, 0.29) is 18.4 Å². The van der Waals surface area contributed by atoms with Crippen LogP contribution in [0.25, 0.3) is 0 Å². The molecule has 0 amide bonds. The van der Waals surface area contributed by atoms with E-state index in [1.165, 1.54) is 12.8 Å². The van der Waals surface area contributed by atoms with Gasteiger partial charge in [0.1, 0.15) is 5.75 Å². The van der Waals surface area contributed by atoms with Crippen LogP contribution in [0.2, 0.25) is 0 Å². The Hall–Kier alpha value is -0.800. The lowest BCUT2D eigenvalue weighted by Gasteiger charge is -2.07. The minimum atomic E-state index is -0.00696. The Morgan fingerprint density at radius 1 is 1.53 bits per heavy atom. The van der Waals surface area contributed by atoms with E-state index >= 15 is 0 Å². The zero-order chi connectivity index (χ0) is 9.97. The smallest absolute Gasteiger partial charge is 0.137 e. The molecule has 1 heterocycles. The lowest BCUT2D eigenvalue weighted by molar-refractivity contribution is 0.298. The van der Waals surface area contributed by atoms with E-state index in [0.29, 0.717) is 0 Å². The third kappa shape index (κ3) is 3.68. The van der Waals surface area contributed by atoms with E-state index in [4.69, 9.17) is 10.5 Å². The molecule has 2 N–H and O–H groups in total. The summed E-state index contributed by atoms with van der Waals surface area (Å²) in [5.74, 6) is 1.63. The summed E-state index contributed by atoms with van der Waals surface area (Å²) in [6, 6.07) is 3.86. The molecule has 1 aliphatic carbocycles. The minimum Gasteiger partial charge on any atom is -0.492 e. The van der Waals surface area contributed by atoms with E-state index < -0.39 is 0 Å². The molecule has 1 unspecified atom stereocenters. The molecule has 0 aliphatic heterocycles. The molecule has 0 bridgehead atoms. The van der Waals surface area contributed by atoms with Gasteiger partial charge in [0.2, 0.25) is 0 Å². The summed E-state index contributed by atoms with van der Waals surface area (Å²) < 4.78 is 5.56. The number of aromatic nitrogens is 1. The summed E-state index contributed by atoms with van der Waals surface area (Å²) in [7, 11) is 0. The van der Waals surface area contributed by atoms with Crippen LogP contribution in [0.4, 0.5) is 0 Å². The monoisotopic (exact) mass is 228 g/mol. The molecule has 4 heteroatoms. The van der Waals surface area contributed by atoms with Crippen molar-refractivity contribution in [3.05, 3.63) is 24.0 Å². The fourth-order valence-corrected chi connectivity index (χ4v) is 1.25. The van der Waals surface area contributed by atoms with Gasteiger partial charge in [0, 0.05) is 6.04 Å². The van der Waals surface area contributed by atoms with Gasteiger partial charge in [-0.1, -0.05) is 0 Å². The van der Waals surface area contributed by atoms with E-state index in [9.17, 15) is 0 Å². The zero-order valence-electron chi connectivity index (χ0n) is 8.85. The molecule has 1 aromatic heterocycles. The van der Waals surface area contributed by atoms with Gasteiger partial charge in [-0.25, -0.2) is 0 Å². The molecule has 1 atom stereocenters. The van der Waals surface area contributed by atoms with Gasteiger partial charge in [-0.05, 0) is 37.8 Å². The van der Waals surface area contributed by atoms with Crippen LogP contribution in [0.15, 0.2) is 18.3 Å². The van der Waals surface area contributed by atoms with Crippen molar-refractivity contribution in [1.29, 1.82) is 0 Å². The van der Waals surface area contributed by atoms with Crippen LogP contribution in [-0.2, 0) is 0 Å². The van der Waals surface area contributed by atoms with Gasteiger partial charge < -0.3 is 10.5 Å². The number of hydrogen-bond acceptors (Lipinski definition) is 3. The molecule has 0 radical (unpaired) electrons. The number of hydrogen-bond donors (Lipinski definition) is 1. The molecule has 1 aliphatic rings. The summed E-state index contributed by atoms with van der Waals surface area (Å²) in [5, 5.41) is 0. The second-order valence-electron chi connectivity index (χ2n) is 3.96. The molecular weight excluding hydrogens is 212 g/mol. The van der Waals surface area contributed by atoms with Crippen LogP contribution in [-0.4, -0.2) is 11.6 Å². The van der Waals surface area contributed by atoms with Crippen molar-refractivity contribution in [2.45, 2.75) is 25.8 Å². The SMILES string of the molecule is CC(N)c1ccc(OCC2CC2)cn1.Cl. The summed E-state index contributed by atoms with van der Waals surface area (Å²) in [4.78, 5) is 4.23. The molecular formula is C11H17ClN2O. The molecule has 0 spiro atoms. The van der Waals surface area contributed by atoms with Gasteiger partial charge in [0.15, 0.2) is 0 Å². The largest absolute Gasteiger partial charge is 0.492 e. The van der Waals surface area contributed by atoms with Gasteiger partial charge in [0.05, 0.1) is 18.5 Å². The quantitative estimate of drug-likeness (QED) is 0.861. The van der Waals surface area contributed by atoms with Gasteiger partial charge in [-0.3, -0.25) is 4.98 Å². The second kappa shape index (κ2) is 5.33. The minimum absolute atomic E-state index is 0. The molecule has 3 nitrogen and oxygen atoms in total. The maximum atomic E-state index is 5.69. The van der Waals surface area contributed by atoms with Crippen molar-refractivity contribution < 1.29 is 4.74 Å². The predicted octanol–water partition coefficient (Wildman–Crippen LogP) is 2.31. The second-order valence-corrected chi connectivity index (χ2v) is 3.96. The fraction of sp³-hybridized carbons (Fsp3) is 0.545. The average molecular weight is 229 g/mol. The van der Waals surface area contributed by atoms with Crippen molar-refractivity contribution in [1.82, 2.24) is 4.98 Å². The highest BCUT2D eigenvalue weighted by Gasteiger charge is 2.21. The lowest BCUT2D eigenvalue weighted by atomic mass is 10.2. The van der Waals surface area contributed by atoms with Crippen molar-refractivity contribution in [2.75, 3.05) is 6.61 Å². The topological polar surface area (TPSA) is 48.1 Å². The van der Waals surface area contributed by atoms with E-state index in [0.717, 1.165) is 24.0 Å². The van der Waals surface area contributed by atoms with Crippen LogP contribution in [0.3, 0.4) is 0 Å². The number of rotatable bonds is 4. The summed E-state index contributed by atoms with van der Waals surface area (Å²) in [6.45, 7) is 2.76. The number of halogens is 1. The normalized spacial score (nSPS) is 16.7. The van der Waals surface area contributed by atoms with Crippen molar-refractivity contribution in [3.8, 4) is 5.75 Å². The van der Waals surface area contributed by atoms with Crippen molar-refractivity contribution in [2.24, 2.45) is 11.7 Å². The highest BCUT2D eigenvalue weighted by Crippen LogP contribution is 2.29. The zero-order valence-corrected chi connectivity index (χ0v) is 9.67. The Morgan fingerprint density at radius 2 is 2.27 bits per heavy atom. The first-order chi connectivity index (χ1) is 6.75. The third-order valence-corrected chi connectivity index (χ3v) is 2.41. The van der Waals surface area contributed by atoms with E-state index in [1.807, 2.05) is 19.1 Å². The molecule has 1 aromatic rings. The molecule has 0 saturated heterocycles. The maximum absolute atomic E-state index is 5.69. The van der Waals surface area contributed by atoms with Gasteiger partial charge >= 0.3 is 0 Å². The average Bonchev–Trinajstić information content (AvgIpc) is 2.99. The summed E-state index contributed by atoms with van der Waals surface area (Å²) in [6.07, 6.45) is 4.37. The highest BCUT2D eigenvalue weighted by atomic mass is 35.5. The number of nitrogens with zero attached hydrogens (tertiary/aromatic N) is 1. The van der Waals surface area contributed by atoms with Crippen LogP contribution in [0, 0.1) is 5.92 Å². The number of nitrogens with two attached hydrogens (primary N) is 1. The molecule has 1 fully saturated rings. The van der Waals surface area contributed by atoms with Crippen molar-refractivity contribution >= 4 is 12.4 Å². The predicted molar refractivity (Wildman–Crippen MR) is 62.3 cm³/mol. The third-order valence-electron chi connectivity index (χ3n) is 2.41. The van der Waals surface area contributed by atoms with Crippen molar-refractivity contribution in [3.63, 3.8) is 0 Å². The van der Waals surface area contributed by atoms with E-state index in [2.05, 4.69) is 4.98 Å². The van der Waals surface area contributed by atoms with Gasteiger partial charge in [-0.2, -0.15) is 0 Å². The molecule has 0 aromatic carbocycles. The first-order valence-electron chi connectivity index (χ1n) is 5.10. The molecule has 1 saturated carbocycles. The first-order valence-corrected chi connectivity index (χ1v) is 5.10. The van der Waals surface area contributed by atoms with Crippen LogP contribution in [0.1, 0.15) is 31.5 Å². The number of pyridine rings is 1. The Kier molecular flexibility index (Phi) is 4.36.